The minimum Gasteiger partial charge on any atom is -0.399 e. The Labute approximate surface area is 112 Å². The summed E-state index contributed by atoms with van der Waals surface area (Å²) >= 11 is 5.82. The fourth-order valence-corrected chi connectivity index (χ4v) is 1.93. The van der Waals surface area contributed by atoms with Crippen LogP contribution in [0.1, 0.15) is 30.6 Å². The molecule has 0 radical (unpaired) electrons. The van der Waals surface area contributed by atoms with Crippen LogP contribution in [-0.4, -0.2) is 23.7 Å². The second-order valence-electron chi connectivity index (χ2n) is 4.77. The molecule has 0 bridgehead atoms. The summed E-state index contributed by atoms with van der Waals surface area (Å²) in [6.45, 7) is 4.26. The Balaban J connectivity index is 2.55. The number of aliphatic hydroxyl groups excluding tert-OH is 1. The molecule has 0 saturated heterocycles. The molecule has 1 rings (SSSR count). The summed E-state index contributed by atoms with van der Waals surface area (Å²) in [5.41, 5.74) is 6.45. The van der Waals surface area contributed by atoms with Gasteiger partial charge in [0.15, 0.2) is 0 Å². The van der Waals surface area contributed by atoms with Crippen LogP contribution in [0.2, 0.25) is 5.02 Å². The zero-order valence-corrected chi connectivity index (χ0v) is 11.4. The fourth-order valence-electron chi connectivity index (χ4n) is 1.68. The van der Waals surface area contributed by atoms with Crippen molar-refractivity contribution in [2.45, 2.75) is 26.4 Å². The monoisotopic (exact) mass is 270 g/mol. The molecular weight excluding hydrogens is 252 g/mol. The van der Waals surface area contributed by atoms with Crippen LogP contribution >= 0.6 is 11.6 Å². The number of halogens is 1. The molecule has 4 N–H and O–H groups in total. The number of anilines is 1. The van der Waals surface area contributed by atoms with Gasteiger partial charge in [-0.3, -0.25) is 4.79 Å². The number of rotatable bonds is 5. The largest absolute Gasteiger partial charge is 0.399 e. The van der Waals surface area contributed by atoms with E-state index in [-0.39, 0.29) is 12.5 Å². The number of aliphatic hydroxyl groups is 1. The molecule has 1 aromatic carbocycles. The zero-order chi connectivity index (χ0) is 13.7. The summed E-state index contributed by atoms with van der Waals surface area (Å²) < 4.78 is 0. The lowest BCUT2D eigenvalue weighted by Crippen LogP contribution is -2.32. The van der Waals surface area contributed by atoms with Gasteiger partial charge in [0.05, 0.1) is 6.10 Å². The van der Waals surface area contributed by atoms with Crippen LogP contribution in [0.3, 0.4) is 0 Å². The van der Waals surface area contributed by atoms with Crippen LogP contribution in [0.4, 0.5) is 5.69 Å². The number of nitrogens with two attached hydrogens (primary N) is 1. The molecule has 0 saturated carbocycles. The molecule has 1 amide bonds. The molecule has 0 spiro atoms. The average Bonchev–Trinajstić information content (AvgIpc) is 2.23. The van der Waals surface area contributed by atoms with E-state index in [1.807, 2.05) is 13.8 Å². The second-order valence-corrected chi connectivity index (χ2v) is 5.20. The maximum Gasteiger partial charge on any atom is 0.251 e. The quantitative estimate of drug-likeness (QED) is 0.717. The number of carbonyl (C=O) groups is 1. The number of hydrogen-bond acceptors (Lipinski definition) is 3. The normalized spacial score (nSPS) is 12.5. The van der Waals surface area contributed by atoms with Crippen LogP contribution in [0, 0.1) is 5.92 Å². The first-order valence-corrected chi connectivity index (χ1v) is 6.28. The lowest BCUT2D eigenvalue weighted by atomic mass is 10.1. The van der Waals surface area contributed by atoms with Gasteiger partial charge >= 0.3 is 0 Å². The van der Waals surface area contributed by atoms with Gasteiger partial charge in [-0.15, -0.1) is 0 Å². The maximum absolute atomic E-state index is 11.8. The summed E-state index contributed by atoms with van der Waals surface area (Å²) in [5, 5.41) is 12.7. The van der Waals surface area contributed by atoms with Gasteiger partial charge in [0.1, 0.15) is 0 Å². The lowest BCUT2D eigenvalue weighted by molar-refractivity contribution is 0.0900. The van der Waals surface area contributed by atoms with E-state index in [0.717, 1.165) is 0 Å². The van der Waals surface area contributed by atoms with Gasteiger partial charge in [-0.05, 0) is 30.5 Å². The first kappa shape index (κ1) is 14.8. The Kier molecular flexibility index (Phi) is 5.44. The van der Waals surface area contributed by atoms with Gasteiger partial charge in [0, 0.05) is 22.8 Å². The molecule has 0 aliphatic heterocycles. The van der Waals surface area contributed by atoms with Crippen molar-refractivity contribution in [2.24, 2.45) is 5.92 Å². The van der Waals surface area contributed by atoms with Crippen LogP contribution in [0.15, 0.2) is 18.2 Å². The minimum absolute atomic E-state index is 0.226. The van der Waals surface area contributed by atoms with Crippen molar-refractivity contribution >= 4 is 23.2 Å². The Morgan fingerprint density at radius 1 is 1.44 bits per heavy atom. The Morgan fingerprint density at radius 2 is 2.11 bits per heavy atom. The molecule has 5 heteroatoms. The summed E-state index contributed by atoms with van der Waals surface area (Å²) in [5.74, 6) is 0.103. The number of hydrogen-bond donors (Lipinski definition) is 3. The summed E-state index contributed by atoms with van der Waals surface area (Å²) in [4.78, 5) is 11.8. The first-order chi connectivity index (χ1) is 8.38. The van der Waals surface area contributed by atoms with Gasteiger partial charge in [-0.25, -0.2) is 0 Å². The van der Waals surface area contributed by atoms with Crippen molar-refractivity contribution in [3.8, 4) is 0 Å². The average molecular weight is 271 g/mol. The lowest BCUT2D eigenvalue weighted by Gasteiger charge is -2.14. The number of carbonyl (C=O) groups excluding carboxylic acids is 1. The fraction of sp³-hybridized carbons (Fsp3) is 0.462. The molecule has 18 heavy (non-hydrogen) atoms. The zero-order valence-electron chi connectivity index (χ0n) is 10.6. The number of nitrogen functional groups attached to an aromatic ring is 1. The van der Waals surface area contributed by atoms with E-state index in [4.69, 9.17) is 17.3 Å². The predicted octanol–water partition coefficient (Wildman–Crippen LogP) is 2.06. The molecular formula is C13H19ClN2O2. The molecule has 100 valence electrons. The third kappa shape index (κ3) is 4.94. The highest BCUT2D eigenvalue weighted by Crippen LogP contribution is 2.16. The molecule has 0 aliphatic carbocycles. The van der Waals surface area contributed by atoms with E-state index in [1.54, 1.807) is 18.2 Å². The van der Waals surface area contributed by atoms with Crippen LogP contribution in [-0.2, 0) is 0 Å². The van der Waals surface area contributed by atoms with Gasteiger partial charge < -0.3 is 16.2 Å². The highest BCUT2D eigenvalue weighted by molar-refractivity contribution is 6.31. The molecule has 0 aliphatic rings. The molecule has 1 aromatic rings. The number of nitrogens with one attached hydrogen (secondary N) is 1. The third-order valence-electron chi connectivity index (χ3n) is 2.42. The van der Waals surface area contributed by atoms with Crippen molar-refractivity contribution < 1.29 is 9.90 Å². The third-order valence-corrected chi connectivity index (χ3v) is 2.64. The van der Waals surface area contributed by atoms with Crippen molar-refractivity contribution in [2.75, 3.05) is 12.3 Å². The van der Waals surface area contributed by atoms with Crippen molar-refractivity contribution in [3.05, 3.63) is 28.8 Å². The van der Waals surface area contributed by atoms with Gasteiger partial charge in [-0.2, -0.15) is 0 Å². The minimum atomic E-state index is -0.537. The van der Waals surface area contributed by atoms with Crippen molar-refractivity contribution in [1.82, 2.24) is 5.32 Å². The highest BCUT2D eigenvalue weighted by Gasteiger charge is 2.11. The summed E-state index contributed by atoms with van der Waals surface area (Å²) in [7, 11) is 0. The summed E-state index contributed by atoms with van der Waals surface area (Å²) in [6, 6.07) is 4.67. The first-order valence-electron chi connectivity index (χ1n) is 5.91. The van der Waals surface area contributed by atoms with E-state index >= 15 is 0 Å². The van der Waals surface area contributed by atoms with Gasteiger partial charge in [-0.1, -0.05) is 25.4 Å². The predicted molar refractivity (Wildman–Crippen MR) is 73.7 cm³/mol. The standard InChI is InChI=1S/C13H19ClN2O2/c1-8(2)3-12(17)7-16-13(18)9-4-10(14)6-11(15)5-9/h4-6,8,12,17H,3,7,15H2,1-2H3,(H,16,18). The summed E-state index contributed by atoms with van der Waals surface area (Å²) in [6.07, 6.45) is 0.114. The van der Waals surface area contributed by atoms with E-state index in [0.29, 0.717) is 28.6 Å². The Hall–Kier alpha value is -1.26. The van der Waals surface area contributed by atoms with E-state index in [9.17, 15) is 9.90 Å². The van der Waals surface area contributed by atoms with Gasteiger partial charge in [0.2, 0.25) is 0 Å². The molecule has 0 fully saturated rings. The Morgan fingerprint density at radius 3 is 2.67 bits per heavy atom. The molecule has 4 nitrogen and oxygen atoms in total. The molecule has 1 unspecified atom stereocenters. The number of benzene rings is 1. The second kappa shape index (κ2) is 6.61. The van der Waals surface area contributed by atoms with Crippen LogP contribution < -0.4 is 11.1 Å². The highest BCUT2D eigenvalue weighted by atomic mass is 35.5. The van der Waals surface area contributed by atoms with E-state index in [2.05, 4.69) is 5.32 Å². The smallest absolute Gasteiger partial charge is 0.251 e. The van der Waals surface area contributed by atoms with Crippen molar-refractivity contribution in [1.29, 1.82) is 0 Å². The Bertz CT molecular complexity index is 401. The van der Waals surface area contributed by atoms with E-state index in [1.165, 1.54) is 0 Å². The number of amides is 1. The van der Waals surface area contributed by atoms with Crippen LogP contribution in [0.25, 0.3) is 0 Å². The molecule has 1 atom stereocenters. The van der Waals surface area contributed by atoms with Crippen LogP contribution in [0.5, 0.6) is 0 Å². The molecule has 0 heterocycles. The topological polar surface area (TPSA) is 75.3 Å². The van der Waals surface area contributed by atoms with Crippen molar-refractivity contribution in [3.63, 3.8) is 0 Å². The van der Waals surface area contributed by atoms with E-state index < -0.39 is 6.10 Å². The SMILES string of the molecule is CC(C)CC(O)CNC(=O)c1cc(N)cc(Cl)c1. The van der Waals surface area contributed by atoms with Gasteiger partial charge in [0.25, 0.3) is 5.91 Å². The molecule has 0 aromatic heterocycles. The maximum atomic E-state index is 11.8.